The van der Waals surface area contributed by atoms with E-state index in [9.17, 15) is 4.79 Å². The van der Waals surface area contributed by atoms with Gasteiger partial charge in [-0.25, -0.2) is 4.98 Å². The predicted octanol–water partition coefficient (Wildman–Crippen LogP) is 2.90. The molecule has 7 nitrogen and oxygen atoms in total. The molecule has 4 rings (SSSR count). The number of nitrogens with two attached hydrogens (primary N) is 1. The molecule has 2 aromatic carbocycles. The SMILES string of the molecule is Cc1nc2nc(N)nn2c(C)c1CC(=O)NC(C)c1cccc2ccccc12. The molecule has 0 fully saturated rings. The van der Waals surface area contributed by atoms with Gasteiger partial charge < -0.3 is 11.1 Å². The summed E-state index contributed by atoms with van der Waals surface area (Å²) in [5, 5.41) is 9.56. The molecule has 0 aliphatic rings. The highest BCUT2D eigenvalue weighted by molar-refractivity contribution is 5.87. The number of aromatic nitrogens is 4. The number of anilines is 1. The summed E-state index contributed by atoms with van der Waals surface area (Å²) < 4.78 is 1.58. The lowest BCUT2D eigenvalue weighted by molar-refractivity contribution is -0.121. The van der Waals surface area contributed by atoms with Gasteiger partial charge in [-0.15, -0.1) is 5.10 Å². The van der Waals surface area contributed by atoms with Crippen molar-refractivity contribution >= 4 is 28.4 Å². The summed E-state index contributed by atoms with van der Waals surface area (Å²) in [4.78, 5) is 21.3. The number of aryl methyl sites for hydroxylation is 2. The van der Waals surface area contributed by atoms with Crippen LogP contribution in [0.5, 0.6) is 0 Å². The third-order valence-corrected chi connectivity index (χ3v) is 5.07. The minimum absolute atomic E-state index is 0.0686. The molecule has 1 unspecified atom stereocenters. The Morgan fingerprint density at radius 3 is 2.71 bits per heavy atom. The lowest BCUT2D eigenvalue weighted by Crippen LogP contribution is -2.29. The Morgan fingerprint density at radius 1 is 1.14 bits per heavy atom. The quantitative estimate of drug-likeness (QED) is 0.572. The van der Waals surface area contributed by atoms with Gasteiger partial charge in [0.25, 0.3) is 5.78 Å². The van der Waals surface area contributed by atoms with Gasteiger partial charge >= 0.3 is 0 Å². The van der Waals surface area contributed by atoms with Gasteiger partial charge in [0, 0.05) is 17.0 Å². The largest absolute Gasteiger partial charge is 0.366 e. The summed E-state index contributed by atoms with van der Waals surface area (Å²) in [6.07, 6.45) is 0.218. The zero-order valence-electron chi connectivity index (χ0n) is 16.1. The predicted molar refractivity (Wildman–Crippen MR) is 109 cm³/mol. The Balaban J connectivity index is 1.58. The van der Waals surface area contributed by atoms with Gasteiger partial charge in [0.15, 0.2) is 0 Å². The smallest absolute Gasteiger partial charge is 0.254 e. The van der Waals surface area contributed by atoms with E-state index in [2.05, 4.69) is 44.6 Å². The van der Waals surface area contributed by atoms with Crippen LogP contribution in [0.25, 0.3) is 16.6 Å². The van der Waals surface area contributed by atoms with Gasteiger partial charge in [-0.3, -0.25) is 4.79 Å². The van der Waals surface area contributed by atoms with E-state index in [0.29, 0.717) is 5.78 Å². The molecule has 2 aromatic heterocycles. The average molecular weight is 374 g/mol. The van der Waals surface area contributed by atoms with E-state index in [-0.39, 0.29) is 24.3 Å². The Bertz CT molecular complexity index is 1190. The van der Waals surface area contributed by atoms with E-state index < -0.39 is 0 Å². The molecule has 0 bridgehead atoms. The van der Waals surface area contributed by atoms with Crippen LogP contribution in [-0.4, -0.2) is 25.5 Å². The van der Waals surface area contributed by atoms with Gasteiger partial charge in [-0.2, -0.15) is 9.50 Å². The van der Waals surface area contributed by atoms with Gasteiger partial charge in [-0.05, 0) is 37.1 Å². The first-order valence-electron chi connectivity index (χ1n) is 9.19. The highest BCUT2D eigenvalue weighted by atomic mass is 16.1. The fourth-order valence-corrected chi connectivity index (χ4v) is 3.64. The van der Waals surface area contributed by atoms with Gasteiger partial charge in [0.2, 0.25) is 11.9 Å². The standard InChI is InChI=1S/C21H22N6O/c1-12(16-10-6-8-15-7-4-5-9-17(15)16)23-19(28)11-18-13(2)24-21-25-20(22)26-27(21)14(18)3/h4-10,12H,11H2,1-3H3,(H2,22,26)(H,23,28). The number of nitrogens with zero attached hydrogens (tertiary/aromatic N) is 4. The third kappa shape index (κ3) is 3.15. The molecule has 28 heavy (non-hydrogen) atoms. The summed E-state index contributed by atoms with van der Waals surface area (Å²) in [5.74, 6) is 0.544. The fourth-order valence-electron chi connectivity index (χ4n) is 3.64. The van der Waals surface area contributed by atoms with E-state index in [4.69, 9.17) is 5.73 Å². The first-order chi connectivity index (χ1) is 13.4. The number of carbonyl (C=O) groups excluding carboxylic acids is 1. The number of benzene rings is 2. The van der Waals surface area contributed by atoms with Crippen LogP contribution in [0, 0.1) is 13.8 Å². The zero-order valence-corrected chi connectivity index (χ0v) is 16.1. The van der Waals surface area contributed by atoms with Crippen molar-refractivity contribution in [1.82, 2.24) is 24.9 Å². The summed E-state index contributed by atoms with van der Waals surface area (Å²) in [5.41, 5.74) is 9.18. The first-order valence-corrected chi connectivity index (χ1v) is 9.19. The second-order valence-corrected chi connectivity index (χ2v) is 6.98. The van der Waals surface area contributed by atoms with Crippen LogP contribution >= 0.6 is 0 Å². The maximum atomic E-state index is 12.8. The summed E-state index contributed by atoms with van der Waals surface area (Å²) in [6, 6.07) is 14.2. The first kappa shape index (κ1) is 17.9. The van der Waals surface area contributed by atoms with Crippen molar-refractivity contribution in [2.75, 3.05) is 5.73 Å². The molecule has 4 aromatic rings. The number of carbonyl (C=O) groups is 1. The number of amides is 1. The Hall–Kier alpha value is -3.48. The molecule has 2 heterocycles. The van der Waals surface area contributed by atoms with Crippen LogP contribution in [0.4, 0.5) is 5.95 Å². The second kappa shape index (κ2) is 6.92. The van der Waals surface area contributed by atoms with E-state index in [1.54, 1.807) is 4.52 Å². The van der Waals surface area contributed by atoms with Crippen LogP contribution in [0.15, 0.2) is 42.5 Å². The molecule has 1 amide bonds. The van der Waals surface area contributed by atoms with Crippen molar-refractivity contribution in [1.29, 1.82) is 0 Å². The number of nitrogen functional groups attached to an aromatic ring is 1. The van der Waals surface area contributed by atoms with Gasteiger partial charge in [0.1, 0.15) is 0 Å². The van der Waals surface area contributed by atoms with Crippen LogP contribution in [-0.2, 0) is 11.2 Å². The third-order valence-electron chi connectivity index (χ3n) is 5.07. The second-order valence-electron chi connectivity index (χ2n) is 6.98. The van der Waals surface area contributed by atoms with Crippen LogP contribution in [0.3, 0.4) is 0 Å². The van der Waals surface area contributed by atoms with Crippen molar-refractivity contribution in [2.24, 2.45) is 0 Å². The molecule has 1 atom stereocenters. The number of hydrogen-bond acceptors (Lipinski definition) is 5. The van der Waals surface area contributed by atoms with Gasteiger partial charge in [0.05, 0.1) is 12.5 Å². The van der Waals surface area contributed by atoms with Crippen molar-refractivity contribution in [3.8, 4) is 0 Å². The lowest BCUT2D eigenvalue weighted by Gasteiger charge is -2.17. The molecule has 0 saturated carbocycles. The topological polar surface area (TPSA) is 98.2 Å². The maximum absolute atomic E-state index is 12.8. The average Bonchev–Trinajstić information content (AvgIpc) is 3.05. The Morgan fingerprint density at radius 2 is 1.89 bits per heavy atom. The Kier molecular flexibility index (Phi) is 4.43. The summed E-state index contributed by atoms with van der Waals surface area (Å²) in [6.45, 7) is 5.76. The van der Waals surface area contributed by atoms with Crippen LogP contribution in [0.2, 0.25) is 0 Å². The summed E-state index contributed by atoms with van der Waals surface area (Å²) in [7, 11) is 0. The van der Waals surface area contributed by atoms with Crippen LogP contribution < -0.4 is 11.1 Å². The molecular weight excluding hydrogens is 352 g/mol. The normalized spacial score (nSPS) is 12.4. The number of fused-ring (bicyclic) bond motifs is 2. The molecule has 7 heteroatoms. The van der Waals surface area contributed by atoms with Crippen molar-refractivity contribution in [3.63, 3.8) is 0 Å². The number of nitrogens with one attached hydrogen (secondary N) is 1. The molecule has 142 valence electrons. The van der Waals surface area contributed by atoms with Crippen molar-refractivity contribution in [2.45, 2.75) is 33.2 Å². The van der Waals surface area contributed by atoms with E-state index in [1.165, 1.54) is 0 Å². The monoisotopic (exact) mass is 374 g/mol. The van der Waals surface area contributed by atoms with E-state index in [0.717, 1.165) is 33.3 Å². The van der Waals surface area contributed by atoms with E-state index in [1.807, 2.05) is 39.0 Å². The molecular formula is C21H22N6O. The molecule has 0 aliphatic heterocycles. The molecule has 0 saturated heterocycles. The highest BCUT2D eigenvalue weighted by Gasteiger charge is 2.17. The lowest BCUT2D eigenvalue weighted by atomic mass is 9.99. The highest BCUT2D eigenvalue weighted by Crippen LogP contribution is 2.24. The number of hydrogen-bond donors (Lipinski definition) is 2. The van der Waals surface area contributed by atoms with Crippen molar-refractivity contribution < 1.29 is 4.79 Å². The maximum Gasteiger partial charge on any atom is 0.254 e. The molecule has 3 N–H and O–H groups in total. The van der Waals surface area contributed by atoms with Crippen LogP contribution in [0.1, 0.15) is 35.5 Å². The van der Waals surface area contributed by atoms with Gasteiger partial charge in [-0.1, -0.05) is 42.5 Å². The number of rotatable bonds is 4. The molecule has 0 spiro atoms. The minimum atomic E-state index is -0.113. The molecule has 0 aliphatic carbocycles. The summed E-state index contributed by atoms with van der Waals surface area (Å²) >= 11 is 0. The zero-order chi connectivity index (χ0) is 19.8. The molecule has 0 radical (unpaired) electrons. The Labute approximate surface area is 162 Å². The van der Waals surface area contributed by atoms with E-state index >= 15 is 0 Å². The fraction of sp³-hybridized carbons (Fsp3) is 0.238. The minimum Gasteiger partial charge on any atom is -0.366 e. The van der Waals surface area contributed by atoms with Crippen molar-refractivity contribution in [3.05, 3.63) is 65.0 Å².